The standard InChI is InChI=1S/C13H28N4O/c1-13(18)15-6-4-8-17-11-9-16(10-12-17)7-3-5-14-2/h14H,3-12H2,1-2H3,(H,15,18). The van der Waals surface area contributed by atoms with Crippen molar-refractivity contribution in [3.63, 3.8) is 0 Å². The molecule has 0 bridgehead atoms. The van der Waals surface area contributed by atoms with Crippen molar-refractivity contribution in [2.75, 3.05) is 59.4 Å². The molecule has 0 aromatic carbocycles. The third kappa shape index (κ3) is 6.93. The molecule has 0 radical (unpaired) electrons. The van der Waals surface area contributed by atoms with Gasteiger partial charge < -0.3 is 20.4 Å². The van der Waals surface area contributed by atoms with Crippen LogP contribution in [0, 0.1) is 0 Å². The number of piperazine rings is 1. The summed E-state index contributed by atoms with van der Waals surface area (Å²) in [6.07, 6.45) is 2.29. The van der Waals surface area contributed by atoms with Crippen molar-refractivity contribution in [1.82, 2.24) is 20.4 Å². The third-order valence-electron chi connectivity index (χ3n) is 3.39. The Balaban J connectivity index is 1.99. The average Bonchev–Trinajstić information content (AvgIpc) is 2.36. The summed E-state index contributed by atoms with van der Waals surface area (Å²) < 4.78 is 0. The van der Waals surface area contributed by atoms with Crippen LogP contribution in [0.25, 0.3) is 0 Å². The second kappa shape index (κ2) is 9.30. The zero-order valence-electron chi connectivity index (χ0n) is 11.9. The molecule has 0 aromatic rings. The molecule has 1 saturated heterocycles. The molecule has 0 unspecified atom stereocenters. The van der Waals surface area contributed by atoms with E-state index in [9.17, 15) is 4.79 Å². The molecule has 1 rings (SSSR count). The van der Waals surface area contributed by atoms with Crippen molar-refractivity contribution in [3.8, 4) is 0 Å². The van der Waals surface area contributed by atoms with Gasteiger partial charge in [-0.15, -0.1) is 0 Å². The van der Waals surface area contributed by atoms with Gasteiger partial charge in [0.25, 0.3) is 0 Å². The Morgan fingerprint density at radius 1 is 1.00 bits per heavy atom. The van der Waals surface area contributed by atoms with Crippen LogP contribution in [-0.2, 0) is 4.79 Å². The molecule has 0 saturated carbocycles. The smallest absolute Gasteiger partial charge is 0.216 e. The first-order chi connectivity index (χ1) is 8.72. The van der Waals surface area contributed by atoms with Gasteiger partial charge in [-0.1, -0.05) is 0 Å². The van der Waals surface area contributed by atoms with Crippen molar-refractivity contribution in [2.24, 2.45) is 0 Å². The molecule has 5 nitrogen and oxygen atoms in total. The van der Waals surface area contributed by atoms with Gasteiger partial charge >= 0.3 is 0 Å². The first-order valence-electron chi connectivity index (χ1n) is 7.06. The monoisotopic (exact) mass is 256 g/mol. The van der Waals surface area contributed by atoms with Crippen molar-refractivity contribution >= 4 is 5.91 Å². The minimum atomic E-state index is 0.0735. The number of hydrogen-bond acceptors (Lipinski definition) is 4. The predicted molar refractivity (Wildman–Crippen MR) is 74.7 cm³/mol. The molecule has 1 fully saturated rings. The molecular formula is C13H28N4O. The van der Waals surface area contributed by atoms with Crippen molar-refractivity contribution in [1.29, 1.82) is 0 Å². The molecule has 0 aromatic heterocycles. The summed E-state index contributed by atoms with van der Waals surface area (Å²) in [5.74, 6) is 0.0735. The van der Waals surface area contributed by atoms with Crippen LogP contribution < -0.4 is 10.6 Å². The fraction of sp³-hybridized carbons (Fsp3) is 0.923. The van der Waals surface area contributed by atoms with Gasteiger partial charge in [-0.05, 0) is 39.5 Å². The second-order valence-corrected chi connectivity index (χ2v) is 4.98. The zero-order chi connectivity index (χ0) is 13.2. The number of hydrogen-bond donors (Lipinski definition) is 2. The van der Waals surface area contributed by atoms with Crippen LogP contribution in [0.1, 0.15) is 19.8 Å². The van der Waals surface area contributed by atoms with Crippen LogP contribution >= 0.6 is 0 Å². The van der Waals surface area contributed by atoms with E-state index in [1.807, 2.05) is 7.05 Å². The van der Waals surface area contributed by atoms with Gasteiger partial charge in [0, 0.05) is 39.6 Å². The van der Waals surface area contributed by atoms with Gasteiger partial charge in [0.2, 0.25) is 5.91 Å². The van der Waals surface area contributed by atoms with Gasteiger partial charge in [0.05, 0.1) is 0 Å². The Labute approximate surface area is 111 Å². The topological polar surface area (TPSA) is 47.6 Å². The molecule has 0 atom stereocenters. The van der Waals surface area contributed by atoms with Gasteiger partial charge in [0.15, 0.2) is 0 Å². The molecule has 1 amide bonds. The Kier molecular flexibility index (Phi) is 7.96. The van der Waals surface area contributed by atoms with Crippen LogP contribution in [0.5, 0.6) is 0 Å². The molecule has 1 aliphatic heterocycles. The van der Waals surface area contributed by atoms with Crippen molar-refractivity contribution < 1.29 is 4.79 Å². The normalized spacial score (nSPS) is 17.9. The number of amides is 1. The van der Waals surface area contributed by atoms with E-state index in [-0.39, 0.29) is 5.91 Å². The van der Waals surface area contributed by atoms with E-state index < -0.39 is 0 Å². The minimum Gasteiger partial charge on any atom is -0.356 e. The summed E-state index contributed by atoms with van der Waals surface area (Å²) in [5.41, 5.74) is 0. The van der Waals surface area contributed by atoms with E-state index in [2.05, 4.69) is 20.4 Å². The maximum absolute atomic E-state index is 10.7. The quantitative estimate of drug-likeness (QED) is 0.588. The van der Waals surface area contributed by atoms with Crippen LogP contribution in [0.15, 0.2) is 0 Å². The van der Waals surface area contributed by atoms with Crippen molar-refractivity contribution in [3.05, 3.63) is 0 Å². The fourth-order valence-corrected chi connectivity index (χ4v) is 2.28. The molecule has 0 spiro atoms. The highest BCUT2D eigenvalue weighted by atomic mass is 16.1. The Bertz CT molecular complexity index is 227. The van der Waals surface area contributed by atoms with Crippen molar-refractivity contribution in [2.45, 2.75) is 19.8 Å². The van der Waals surface area contributed by atoms with Crippen LogP contribution in [0.4, 0.5) is 0 Å². The van der Waals surface area contributed by atoms with E-state index in [4.69, 9.17) is 0 Å². The molecular weight excluding hydrogens is 228 g/mol. The van der Waals surface area contributed by atoms with Crippen LogP contribution in [0.3, 0.4) is 0 Å². The molecule has 2 N–H and O–H groups in total. The van der Waals surface area contributed by atoms with Gasteiger partial charge in [0.1, 0.15) is 0 Å². The van der Waals surface area contributed by atoms with E-state index in [1.165, 1.54) is 39.1 Å². The lowest BCUT2D eigenvalue weighted by Gasteiger charge is -2.34. The summed E-state index contributed by atoms with van der Waals surface area (Å²) in [7, 11) is 2.01. The maximum atomic E-state index is 10.7. The summed E-state index contributed by atoms with van der Waals surface area (Å²) in [5, 5.41) is 6.03. The molecule has 0 aliphatic carbocycles. The fourth-order valence-electron chi connectivity index (χ4n) is 2.28. The summed E-state index contributed by atoms with van der Waals surface area (Å²) in [6, 6.07) is 0. The molecule has 1 aliphatic rings. The van der Waals surface area contributed by atoms with Gasteiger partial charge in [-0.2, -0.15) is 0 Å². The lowest BCUT2D eigenvalue weighted by atomic mass is 10.2. The number of nitrogens with one attached hydrogen (secondary N) is 2. The Morgan fingerprint density at radius 3 is 1.94 bits per heavy atom. The first-order valence-corrected chi connectivity index (χ1v) is 7.06. The minimum absolute atomic E-state index is 0.0735. The highest BCUT2D eigenvalue weighted by Crippen LogP contribution is 2.02. The predicted octanol–water partition coefficient (Wildman–Crippen LogP) is -0.260. The van der Waals surface area contributed by atoms with Gasteiger partial charge in [-0.25, -0.2) is 0 Å². The maximum Gasteiger partial charge on any atom is 0.216 e. The molecule has 18 heavy (non-hydrogen) atoms. The SMILES string of the molecule is CNCCCN1CCN(CCCNC(C)=O)CC1. The number of rotatable bonds is 8. The lowest BCUT2D eigenvalue weighted by Crippen LogP contribution is -2.47. The Hall–Kier alpha value is -0.650. The van der Waals surface area contributed by atoms with E-state index in [1.54, 1.807) is 6.92 Å². The summed E-state index contributed by atoms with van der Waals surface area (Å²) in [4.78, 5) is 15.8. The number of carbonyl (C=O) groups excluding carboxylic acids is 1. The molecule has 5 heteroatoms. The lowest BCUT2D eigenvalue weighted by molar-refractivity contribution is -0.118. The summed E-state index contributed by atoms with van der Waals surface area (Å²) >= 11 is 0. The van der Waals surface area contributed by atoms with E-state index in [0.29, 0.717) is 0 Å². The third-order valence-corrected chi connectivity index (χ3v) is 3.39. The Morgan fingerprint density at radius 2 is 1.50 bits per heavy atom. The second-order valence-electron chi connectivity index (χ2n) is 4.98. The average molecular weight is 256 g/mol. The highest BCUT2D eigenvalue weighted by Gasteiger charge is 2.15. The zero-order valence-corrected chi connectivity index (χ0v) is 11.9. The summed E-state index contributed by atoms with van der Waals surface area (Å²) in [6.45, 7) is 10.5. The molecule has 1 heterocycles. The van der Waals surface area contributed by atoms with E-state index >= 15 is 0 Å². The first kappa shape index (κ1) is 15.4. The number of nitrogens with zero attached hydrogens (tertiary/aromatic N) is 2. The molecule has 106 valence electrons. The number of carbonyl (C=O) groups is 1. The van der Waals surface area contributed by atoms with Crippen LogP contribution in [-0.4, -0.2) is 75.1 Å². The van der Waals surface area contributed by atoms with Gasteiger partial charge in [-0.3, -0.25) is 4.79 Å². The largest absolute Gasteiger partial charge is 0.356 e. The highest BCUT2D eigenvalue weighted by molar-refractivity contribution is 5.72. The van der Waals surface area contributed by atoms with Crippen LogP contribution in [0.2, 0.25) is 0 Å². The van der Waals surface area contributed by atoms with E-state index in [0.717, 1.165) is 26.1 Å².